The highest BCUT2D eigenvalue weighted by molar-refractivity contribution is 5.78. The molecule has 1 rings (SSSR count). The Bertz CT molecular complexity index is 553. The second-order valence-corrected chi connectivity index (χ2v) is 5.23. The number of hydrogen-bond donors (Lipinski definition) is 1. The van der Waals surface area contributed by atoms with Crippen LogP contribution in [0.5, 0.6) is 0 Å². The number of aryl methyl sites for hydroxylation is 1. The van der Waals surface area contributed by atoms with Crippen LogP contribution in [0.4, 0.5) is 0 Å². The van der Waals surface area contributed by atoms with E-state index in [1.54, 1.807) is 10.8 Å². The van der Waals surface area contributed by atoms with Crippen molar-refractivity contribution < 1.29 is 4.79 Å². The van der Waals surface area contributed by atoms with Gasteiger partial charge in [-0.15, -0.1) is 0 Å². The minimum atomic E-state index is -0.713. The van der Waals surface area contributed by atoms with Crippen LogP contribution in [0.15, 0.2) is 35.5 Å². The Labute approximate surface area is 121 Å². The van der Waals surface area contributed by atoms with Gasteiger partial charge in [0.25, 0.3) is 0 Å². The highest BCUT2D eigenvalue weighted by atomic mass is 16.2. The van der Waals surface area contributed by atoms with Gasteiger partial charge in [-0.3, -0.25) is 9.36 Å². The van der Waals surface area contributed by atoms with Crippen LogP contribution in [0, 0.1) is 6.92 Å². The lowest BCUT2D eigenvalue weighted by Crippen LogP contribution is -2.38. The second-order valence-electron chi connectivity index (χ2n) is 5.23. The molecule has 0 aromatic carbocycles. The molecule has 2 N–H and O–H groups in total. The number of allylic oxidation sites excluding steroid dienone is 1. The third-order valence-electron chi connectivity index (χ3n) is 2.96. The molecular weight excluding hydrogens is 250 g/mol. The van der Waals surface area contributed by atoms with E-state index in [0.29, 0.717) is 18.3 Å². The molecule has 0 amide bonds. The van der Waals surface area contributed by atoms with Gasteiger partial charge in [0.1, 0.15) is 11.2 Å². The van der Waals surface area contributed by atoms with Crippen LogP contribution in [-0.2, 0) is 0 Å². The number of carbonyl (C=O) groups is 1. The van der Waals surface area contributed by atoms with Crippen molar-refractivity contribution in [3.8, 4) is 0 Å². The van der Waals surface area contributed by atoms with E-state index in [0.717, 1.165) is 12.0 Å². The highest BCUT2D eigenvalue weighted by Gasteiger charge is 2.15. The van der Waals surface area contributed by atoms with Gasteiger partial charge in [-0.25, -0.2) is 4.99 Å². The van der Waals surface area contributed by atoms with Crippen molar-refractivity contribution >= 4 is 5.91 Å². The number of nitrogens with zero attached hydrogens (tertiary/aromatic N) is 2. The van der Waals surface area contributed by atoms with Crippen LogP contribution < -0.4 is 11.2 Å². The van der Waals surface area contributed by atoms with Gasteiger partial charge in [0.05, 0.1) is 0 Å². The highest BCUT2D eigenvalue weighted by Crippen LogP contribution is 2.08. The second kappa shape index (κ2) is 7.20. The zero-order chi connectivity index (χ0) is 15.2. The molecule has 0 aliphatic rings. The molecule has 0 saturated heterocycles. The average Bonchev–Trinajstić information content (AvgIpc) is 2.37. The minimum absolute atomic E-state index is 0.0173. The van der Waals surface area contributed by atoms with Crippen LogP contribution in [0.3, 0.4) is 0 Å². The molecule has 1 aromatic rings. The Morgan fingerprint density at radius 1 is 1.45 bits per heavy atom. The normalized spacial score (nSPS) is 15.6. The predicted octanol–water partition coefficient (Wildman–Crippen LogP) is 2.78. The van der Waals surface area contributed by atoms with Gasteiger partial charge in [0, 0.05) is 19.0 Å². The fourth-order valence-electron chi connectivity index (χ4n) is 1.85. The first-order chi connectivity index (χ1) is 9.39. The van der Waals surface area contributed by atoms with E-state index in [4.69, 9.17) is 5.73 Å². The monoisotopic (exact) mass is 275 g/mol. The smallest absolute Gasteiger partial charge is 0.231 e. The molecule has 1 unspecified atom stereocenters. The van der Waals surface area contributed by atoms with E-state index in [2.05, 4.69) is 18.0 Å². The third kappa shape index (κ3) is 4.78. The molecule has 0 saturated carbocycles. The summed E-state index contributed by atoms with van der Waals surface area (Å²) in [5, 5.41) is 0. The summed E-state index contributed by atoms with van der Waals surface area (Å²) in [6.45, 7) is 7.77. The molecule has 4 nitrogen and oxygen atoms in total. The Morgan fingerprint density at radius 2 is 2.15 bits per heavy atom. The van der Waals surface area contributed by atoms with E-state index < -0.39 is 5.66 Å². The van der Waals surface area contributed by atoms with Crippen molar-refractivity contribution in [3.63, 3.8) is 0 Å². The molecule has 0 spiro atoms. The fraction of sp³-hybridized carbons (Fsp3) is 0.500. The summed E-state index contributed by atoms with van der Waals surface area (Å²) in [4.78, 5) is 16.5. The van der Waals surface area contributed by atoms with Gasteiger partial charge in [0.15, 0.2) is 0 Å². The summed E-state index contributed by atoms with van der Waals surface area (Å²) in [6, 6.07) is 3.79. The Hall–Kier alpha value is -1.68. The van der Waals surface area contributed by atoms with Crippen LogP contribution in [0.25, 0.3) is 0 Å². The van der Waals surface area contributed by atoms with Crippen LogP contribution in [0.1, 0.15) is 50.4 Å². The molecule has 4 heteroatoms. The molecule has 1 atom stereocenters. The minimum Gasteiger partial charge on any atom is -0.307 e. The van der Waals surface area contributed by atoms with Crippen molar-refractivity contribution in [1.82, 2.24) is 4.57 Å². The fourth-order valence-corrected chi connectivity index (χ4v) is 1.85. The molecule has 0 aliphatic heterocycles. The van der Waals surface area contributed by atoms with Gasteiger partial charge < -0.3 is 5.73 Å². The van der Waals surface area contributed by atoms with Gasteiger partial charge in [-0.1, -0.05) is 26.0 Å². The largest absolute Gasteiger partial charge is 0.307 e. The maximum Gasteiger partial charge on any atom is 0.231 e. The maximum absolute atomic E-state index is 11.9. The zero-order valence-corrected chi connectivity index (χ0v) is 12.9. The van der Waals surface area contributed by atoms with Gasteiger partial charge in [-0.2, -0.15) is 0 Å². The molecular formula is C16H25N3O. The van der Waals surface area contributed by atoms with E-state index in [9.17, 15) is 4.79 Å². The first-order valence-corrected chi connectivity index (χ1v) is 7.12. The number of pyridine rings is 1. The summed E-state index contributed by atoms with van der Waals surface area (Å²) >= 11 is 0. The van der Waals surface area contributed by atoms with Gasteiger partial charge >= 0.3 is 0 Å². The van der Waals surface area contributed by atoms with Crippen molar-refractivity contribution in [2.45, 2.75) is 52.6 Å². The topological polar surface area (TPSA) is 60.4 Å². The quantitative estimate of drug-likeness (QED) is 0.840. The van der Waals surface area contributed by atoms with Gasteiger partial charge in [-0.05, 0) is 38.0 Å². The lowest BCUT2D eigenvalue weighted by molar-refractivity contribution is 0.0902. The number of hydrogen-bond acceptors (Lipinski definition) is 3. The standard InChI is InChI=1S/C16H25N3O/c1-5-7-8-10-16(4,17)18-14-12-13(3)9-11-19(14)15(20)6-2/h7-9,11-12H,5-6,10,17H2,1-4H3/b8-7-,18-14?. The molecule has 1 heterocycles. The maximum atomic E-state index is 11.9. The average molecular weight is 275 g/mol. The predicted molar refractivity (Wildman–Crippen MR) is 82.3 cm³/mol. The summed E-state index contributed by atoms with van der Waals surface area (Å²) in [5.74, 6) is 0.0173. The van der Waals surface area contributed by atoms with Crippen molar-refractivity contribution in [1.29, 1.82) is 0 Å². The molecule has 0 aliphatic carbocycles. The zero-order valence-electron chi connectivity index (χ0n) is 12.9. The molecule has 0 bridgehead atoms. The molecule has 0 radical (unpaired) electrons. The Kier molecular flexibility index (Phi) is 5.89. The first kappa shape index (κ1) is 16.4. The van der Waals surface area contributed by atoms with Crippen molar-refractivity contribution in [3.05, 3.63) is 41.5 Å². The Morgan fingerprint density at radius 3 is 2.75 bits per heavy atom. The van der Waals surface area contributed by atoms with E-state index >= 15 is 0 Å². The number of carbonyl (C=O) groups excluding carboxylic acids is 1. The van der Waals surface area contributed by atoms with Crippen molar-refractivity contribution in [2.75, 3.05) is 0 Å². The number of aromatic nitrogens is 1. The van der Waals surface area contributed by atoms with Crippen molar-refractivity contribution in [2.24, 2.45) is 10.7 Å². The third-order valence-corrected chi connectivity index (χ3v) is 2.96. The SMILES string of the molecule is CC/C=C\CC(C)(N)N=c1cc(C)ccn1C(=O)CC. The number of nitrogens with two attached hydrogens (primary N) is 1. The van der Waals surface area contributed by atoms with Gasteiger partial charge in [0.2, 0.25) is 5.91 Å². The lowest BCUT2D eigenvalue weighted by Gasteiger charge is -2.18. The Balaban J connectivity index is 3.22. The van der Waals surface area contributed by atoms with E-state index in [-0.39, 0.29) is 5.91 Å². The summed E-state index contributed by atoms with van der Waals surface area (Å²) in [7, 11) is 0. The van der Waals surface area contributed by atoms with E-state index in [1.807, 2.05) is 39.0 Å². The summed E-state index contributed by atoms with van der Waals surface area (Å²) < 4.78 is 1.57. The summed E-state index contributed by atoms with van der Waals surface area (Å²) in [5.41, 5.74) is 7.17. The molecule has 1 aromatic heterocycles. The summed E-state index contributed by atoms with van der Waals surface area (Å²) in [6.07, 6.45) is 7.93. The van der Waals surface area contributed by atoms with Crippen LogP contribution in [-0.4, -0.2) is 16.1 Å². The molecule has 20 heavy (non-hydrogen) atoms. The molecule has 0 fully saturated rings. The number of rotatable bonds is 5. The van der Waals surface area contributed by atoms with Crippen LogP contribution in [0.2, 0.25) is 0 Å². The molecule has 110 valence electrons. The lowest BCUT2D eigenvalue weighted by atomic mass is 10.1. The van der Waals surface area contributed by atoms with Crippen LogP contribution >= 0.6 is 0 Å². The first-order valence-electron chi connectivity index (χ1n) is 7.12. The van der Waals surface area contributed by atoms with E-state index in [1.165, 1.54) is 0 Å².